The van der Waals surface area contributed by atoms with Crippen LogP contribution in [0.1, 0.15) is 10.4 Å². The summed E-state index contributed by atoms with van der Waals surface area (Å²) < 4.78 is 0. The molecule has 6 nitrogen and oxygen atoms in total. The minimum absolute atomic E-state index is 0.161. The van der Waals surface area contributed by atoms with Gasteiger partial charge in [-0.2, -0.15) is 0 Å². The molecule has 15 heavy (non-hydrogen) atoms. The molecule has 1 aromatic rings. The van der Waals surface area contributed by atoms with E-state index in [0.717, 1.165) is 0 Å². The third kappa shape index (κ3) is 3.28. The molecule has 1 amide bonds. The van der Waals surface area contributed by atoms with Crippen LogP contribution in [0.15, 0.2) is 24.3 Å². The van der Waals surface area contributed by atoms with E-state index >= 15 is 0 Å². The molecule has 0 bridgehead atoms. The molecule has 1 rings (SSSR count). The van der Waals surface area contributed by atoms with Crippen LogP contribution in [0.2, 0.25) is 0 Å². The summed E-state index contributed by atoms with van der Waals surface area (Å²) in [4.78, 5) is 21.1. The van der Waals surface area contributed by atoms with Crippen molar-refractivity contribution in [1.29, 1.82) is 0 Å². The third-order valence-corrected chi connectivity index (χ3v) is 1.62. The van der Waals surface area contributed by atoms with Crippen LogP contribution in [-0.2, 0) is 4.79 Å². The third-order valence-electron chi connectivity index (χ3n) is 1.62. The van der Waals surface area contributed by atoms with E-state index < -0.39 is 18.5 Å². The van der Waals surface area contributed by atoms with Crippen molar-refractivity contribution in [3.05, 3.63) is 29.8 Å². The van der Waals surface area contributed by atoms with Gasteiger partial charge < -0.3 is 10.2 Å². The Morgan fingerprint density at radius 3 is 2.27 bits per heavy atom. The van der Waals surface area contributed by atoms with Crippen molar-refractivity contribution in [3.8, 4) is 0 Å². The Balaban J connectivity index is 2.57. The van der Waals surface area contributed by atoms with Crippen LogP contribution in [0, 0.1) is 0 Å². The van der Waals surface area contributed by atoms with Gasteiger partial charge in [0.15, 0.2) is 0 Å². The molecular weight excluding hydrogens is 200 g/mol. The molecule has 6 heteroatoms. The first kappa shape index (κ1) is 11.0. The molecule has 0 radical (unpaired) electrons. The van der Waals surface area contributed by atoms with E-state index in [1.165, 1.54) is 24.3 Å². The smallest absolute Gasteiger partial charge is 0.335 e. The molecule has 0 aromatic heterocycles. The maximum Gasteiger partial charge on any atom is 0.335 e. The second-order valence-corrected chi connectivity index (χ2v) is 2.71. The Morgan fingerprint density at radius 1 is 1.20 bits per heavy atom. The topological polar surface area (TPSA) is 98.7 Å². The minimum Gasteiger partial charge on any atom is -0.478 e. The van der Waals surface area contributed by atoms with Gasteiger partial charge in [-0.1, -0.05) is 0 Å². The van der Waals surface area contributed by atoms with Gasteiger partial charge in [-0.15, -0.1) is 0 Å². The Labute approximate surface area is 85.5 Å². The van der Waals surface area contributed by atoms with E-state index in [4.69, 9.17) is 10.2 Å². The maximum atomic E-state index is 10.6. The summed E-state index contributed by atoms with van der Waals surface area (Å²) in [5.41, 5.74) is 5.41. The maximum absolute atomic E-state index is 10.6. The number of nitrogens with one attached hydrogen (secondary N) is 2. The summed E-state index contributed by atoms with van der Waals surface area (Å²) in [5, 5.41) is 17.0. The molecular formula is C9H10N2O4. The van der Waals surface area contributed by atoms with Gasteiger partial charge in [-0.3, -0.25) is 15.6 Å². The van der Waals surface area contributed by atoms with E-state index in [-0.39, 0.29) is 5.56 Å². The molecule has 0 heterocycles. The SMILES string of the molecule is O=C(CO)NNc1ccc(C(=O)O)cc1. The van der Waals surface area contributed by atoms with E-state index in [2.05, 4.69) is 10.9 Å². The van der Waals surface area contributed by atoms with E-state index in [1.54, 1.807) is 0 Å². The monoisotopic (exact) mass is 210 g/mol. The summed E-state index contributed by atoms with van der Waals surface area (Å²) in [7, 11) is 0. The van der Waals surface area contributed by atoms with Crippen molar-refractivity contribution < 1.29 is 19.8 Å². The number of hydrazine groups is 1. The molecule has 4 N–H and O–H groups in total. The molecule has 1 aromatic carbocycles. The van der Waals surface area contributed by atoms with Gasteiger partial charge in [0.05, 0.1) is 11.3 Å². The molecule has 0 aliphatic rings. The van der Waals surface area contributed by atoms with Crippen LogP contribution in [-0.4, -0.2) is 28.7 Å². The van der Waals surface area contributed by atoms with Gasteiger partial charge in [0.1, 0.15) is 6.61 Å². The molecule has 0 unspecified atom stereocenters. The Bertz CT molecular complexity index is 361. The zero-order valence-corrected chi connectivity index (χ0v) is 7.73. The Kier molecular flexibility index (Phi) is 3.64. The Morgan fingerprint density at radius 2 is 1.80 bits per heavy atom. The number of carboxylic acids is 1. The predicted octanol–water partition coefficient (Wildman–Crippen LogP) is -0.180. The summed E-state index contributed by atoms with van der Waals surface area (Å²) in [6, 6.07) is 5.80. The van der Waals surface area contributed by atoms with E-state index in [0.29, 0.717) is 5.69 Å². The lowest BCUT2D eigenvalue weighted by Crippen LogP contribution is -2.31. The lowest BCUT2D eigenvalue weighted by molar-refractivity contribution is -0.123. The number of hydrogen-bond acceptors (Lipinski definition) is 4. The molecule has 0 saturated carbocycles. The number of aromatic carboxylic acids is 1. The highest BCUT2D eigenvalue weighted by atomic mass is 16.4. The summed E-state index contributed by atoms with van der Waals surface area (Å²) >= 11 is 0. The molecule has 0 fully saturated rings. The number of anilines is 1. The van der Waals surface area contributed by atoms with Crippen molar-refractivity contribution in [2.24, 2.45) is 0 Å². The van der Waals surface area contributed by atoms with Gasteiger partial charge in [-0.25, -0.2) is 4.79 Å². The van der Waals surface area contributed by atoms with E-state index in [9.17, 15) is 9.59 Å². The fraction of sp³-hybridized carbons (Fsp3) is 0.111. The minimum atomic E-state index is -1.01. The molecule has 80 valence electrons. The van der Waals surface area contributed by atoms with Gasteiger partial charge in [0, 0.05) is 0 Å². The first-order chi connectivity index (χ1) is 7.13. The van der Waals surface area contributed by atoms with Crippen molar-refractivity contribution in [2.45, 2.75) is 0 Å². The number of aliphatic hydroxyl groups excluding tert-OH is 1. The number of hydrogen-bond donors (Lipinski definition) is 4. The lowest BCUT2D eigenvalue weighted by Gasteiger charge is -2.06. The van der Waals surface area contributed by atoms with Crippen LogP contribution in [0.3, 0.4) is 0 Å². The zero-order chi connectivity index (χ0) is 11.3. The molecule has 0 spiro atoms. The van der Waals surface area contributed by atoms with Gasteiger partial charge in [0.25, 0.3) is 5.91 Å². The second kappa shape index (κ2) is 4.97. The van der Waals surface area contributed by atoms with Crippen molar-refractivity contribution in [3.63, 3.8) is 0 Å². The normalized spacial score (nSPS) is 9.40. The number of benzene rings is 1. The standard InChI is InChI=1S/C9H10N2O4/c12-5-8(13)11-10-7-3-1-6(2-4-7)9(14)15/h1-4,10,12H,5H2,(H,11,13)(H,14,15). The molecule has 0 atom stereocenters. The molecule has 0 saturated heterocycles. The summed E-state index contributed by atoms with van der Waals surface area (Å²) in [6.45, 7) is -0.611. The number of carboxylic acid groups (broad SMARTS) is 1. The van der Waals surface area contributed by atoms with Gasteiger partial charge in [0.2, 0.25) is 0 Å². The number of carbonyl (C=O) groups is 2. The fourth-order valence-electron chi connectivity index (χ4n) is 0.878. The largest absolute Gasteiger partial charge is 0.478 e. The first-order valence-electron chi connectivity index (χ1n) is 4.12. The zero-order valence-electron chi connectivity index (χ0n) is 7.73. The van der Waals surface area contributed by atoms with Gasteiger partial charge >= 0.3 is 5.97 Å². The van der Waals surface area contributed by atoms with Gasteiger partial charge in [-0.05, 0) is 24.3 Å². The summed E-state index contributed by atoms with van der Waals surface area (Å²) in [6.07, 6.45) is 0. The average molecular weight is 210 g/mol. The quantitative estimate of drug-likeness (QED) is 0.517. The lowest BCUT2D eigenvalue weighted by atomic mass is 10.2. The Hall–Kier alpha value is -2.08. The fourth-order valence-corrected chi connectivity index (χ4v) is 0.878. The van der Waals surface area contributed by atoms with Crippen molar-refractivity contribution in [1.82, 2.24) is 5.43 Å². The highest BCUT2D eigenvalue weighted by molar-refractivity contribution is 5.88. The number of amides is 1. The van der Waals surface area contributed by atoms with Crippen LogP contribution < -0.4 is 10.9 Å². The van der Waals surface area contributed by atoms with Crippen LogP contribution in [0.5, 0.6) is 0 Å². The second-order valence-electron chi connectivity index (χ2n) is 2.71. The van der Waals surface area contributed by atoms with Crippen molar-refractivity contribution >= 4 is 17.6 Å². The number of rotatable bonds is 4. The number of carbonyl (C=O) groups excluding carboxylic acids is 1. The molecule has 0 aliphatic heterocycles. The molecule has 0 aliphatic carbocycles. The summed E-state index contributed by atoms with van der Waals surface area (Å²) in [5.74, 6) is -1.58. The van der Waals surface area contributed by atoms with Crippen LogP contribution in [0.25, 0.3) is 0 Å². The van der Waals surface area contributed by atoms with Crippen LogP contribution in [0.4, 0.5) is 5.69 Å². The van der Waals surface area contributed by atoms with Crippen molar-refractivity contribution in [2.75, 3.05) is 12.0 Å². The van der Waals surface area contributed by atoms with E-state index in [1.807, 2.05) is 0 Å². The average Bonchev–Trinajstić information content (AvgIpc) is 2.26. The highest BCUT2D eigenvalue weighted by Crippen LogP contribution is 2.07. The predicted molar refractivity (Wildman–Crippen MR) is 52.3 cm³/mol. The number of aliphatic hydroxyl groups is 1. The van der Waals surface area contributed by atoms with Crippen LogP contribution >= 0.6 is 0 Å². The highest BCUT2D eigenvalue weighted by Gasteiger charge is 2.01. The first-order valence-corrected chi connectivity index (χ1v) is 4.12.